The fourth-order valence-corrected chi connectivity index (χ4v) is 7.65. The number of anilines is 1. The molecule has 0 saturated carbocycles. The van der Waals surface area contributed by atoms with Crippen molar-refractivity contribution < 1.29 is 41.0 Å². The van der Waals surface area contributed by atoms with Crippen molar-refractivity contribution in [3.8, 4) is 11.6 Å². The van der Waals surface area contributed by atoms with E-state index in [1.165, 1.54) is 35.8 Å². The highest BCUT2D eigenvalue weighted by atomic mass is 32.2. The number of benzene rings is 1. The largest absolute Gasteiger partial charge is 0.491 e. The van der Waals surface area contributed by atoms with Gasteiger partial charge in [-0.2, -0.15) is 4.31 Å². The lowest BCUT2D eigenvalue weighted by Crippen LogP contribution is -2.47. The number of rotatable bonds is 11. The van der Waals surface area contributed by atoms with Crippen molar-refractivity contribution >= 4 is 25.7 Å². The van der Waals surface area contributed by atoms with Gasteiger partial charge in [0.2, 0.25) is 15.9 Å². The van der Waals surface area contributed by atoms with Crippen LogP contribution in [0.25, 0.3) is 0 Å². The normalized spacial score (nSPS) is 21.6. The highest BCUT2D eigenvalue weighted by molar-refractivity contribution is 7.89. The molecule has 1 aromatic heterocycles. The van der Waals surface area contributed by atoms with E-state index in [1.807, 2.05) is 16.8 Å². The molecule has 0 bridgehead atoms. The fourth-order valence-electron chi connectivity index (χ4n) is 5.40. The number of ether oxygens (including phenoxy) is 3. The highest BCUT2D eigenvalue weighted by Gasteiger charge is 2.45. The summed E-state index contributed by atoms with van der Waals surface area (Å²) in [6.45, 7) is 2.50. The van der Waals surface area contributed by atoms with Crippen LogP contribution in [-0.4, -0.2) is 109 Å². The molecule has 3 aliphatic heterocycles. The van der Waals surface area contributed by atoms with Crippen LogP contribution in [-0.2, 0) is 29.6 Å². The Hall–Kier alpha value is -2.57. The van der Waals surface area contributed by atoms with Gasteiger partial charge in [-0.1, -0.05) is 11.0 Å². The Kier molecular flexibility index (Phi) is 9.24. The molecule has 0 amide bonds. The summed E-state index contributed by atoms with van der Waals surface area (Å²) in [5.74, 6) is 0.736. The molecular formula is C26H37N5O9S2. The minimum absolute atomic E-state index is 0.00298. The number of aromatic nitrogens is 1. The van der Waals surface area contributed by atoms with Gasteiger partial charge in [-0.25, -0.2) is 21.8 Å². The van der Waals surface area contributed by atoms with Gasteiger partial charge in [0.1, 0.15) is 35.7 Å². The van der Waals surface area contributed by atoms with Gasteiger partial charge in [-0.3, -0.25) is 4.84 Å². The van der Waals surface area contributed by atoms with Crippen molar-refractivity contribution in [1.29, 1.82) is 0 Å². The molecule has 2 aromatic rings. The molecule has 2 atom stereocenters. The first kappa shape index (κ1) is 30.9. The molecule has 14 nitrogen and oxygen atoms in total. The smallest absolute Gasteiger partial charge is 0.262 e. The zero-order valence-electron chi connectivity index (χ0n) is 23.6. The van der Waals surface area contributed by atoms with Crippen molar-refractivity contribution in [2.75, 3.05) is 65.1 Å². The number of piperidine rings is 1. The maximum atomic E-state index is 13.4. The maximum absolute atomic E-state index is 13.4. The molecule has 1 spiro atoms. The van der Waals surface area contributed by atoms with Gasteiger partial charge in [-0.05, 0) is 37.5 Å². The van der Waals surface area contributed by atoms with Gasteiger partial charge in [0.05, 0.1) is 37.0 Å². The average Bonchev–Trinajstić information content (AvgIpc) is 3.37. The van der Waals surface area contributed by atoms with Crippen LogP contribution in [0, 0.1) is 0 Å². The SMILES string of the molecule is CONS(=O)(=O)c1cccc(OC[C@@H](O)CN[C@H]2COC3(CCN(S(=O)(=O)c4cnc5c(c4)N(C)CCO5)CC3)C2)c1. The summed E-state index contributed by atoms with van der Waals surface area (Å²) in [5.41, 5.74) is 0.243. The standard InChI is InChI=1S/C26H37N5O9S2/c1-30-10-11-38-25-24(30)13-23(16-28-25)42(35,36)31-8-6-26(7-9-31)14-19(17-40-26)27-15-20(32)18-39-21-4-3-5-22(12-21)41(33,34)29-37-2/h3-5,12-13,16,19-20,27,29,32H,6-11,14-15,17-18H2,1-2H3/t19-,20+/m1/s1. The second kappa shape index (κ2) is 12.6. The Bertz CT molecular complexity index is 1470. The lowest BCUT2D eigenvalue weighted by Gasteiger charge is -2.38. The summed E-state index contributed by atoms with van der Waals surface area (Å²) in [6, 6.07) is 7.50. The molecule has 4 heterocycles. The van der Waals surface area contributed by atoms with E-state index in [0.717, 1.165) is 0 Å². The molecule has 16 heteroatoms. The highest BCUT2D eigenvalue weighted by Crippen LogP contribution is 2.38. The number of aliphatic hydroxyl groups is 1. The monoisotopic (exact) mass is 627 g/mol. The third kappa shape index (κ3) is 6.81. The van der Waals surface area contributed by atoms with Gasteiger partial charge in [0, 0.05) is 38.8 Å². The molecule has 232 valence electrons. The van der Waals surface area contributed by atoms with E-state index in [1.54, 1.807) is 12.1 Å². The van der Waals surface area contributed by atoms with Crippen LogP contribution in [0.15, 0.2) is 46.3 Å². The molecule has 0 unspecified atom stereocenters. The van der Waals surface area contributed by atoms with Crippen LogP contribution < -0.4 is 24.6 Å². The van der Waals surface area contributed by atoms with Crippen LogP contribution in [0.2, 0.25) is 0 Å². The topological polar surface area (TPSA) is 169 Å². The van der Waals surface area contributed by atoms with Crippen molar-refractivity contribution in [3.05, 3.63) is 36.5 Å². The molecule has 42 heavy (non-hydrogen) atoms. The summed E-state index contributed by atoms with van der Waals surface area (Å²) >= 11 is 0. The average molecular weight is 628 g/mol. The van der Waals surface area contributed by atoms with Gasteiger partial charge >= 0.3 is 0 Å². The Morgan fingerprint density at radius 2 is 1.95 bits per heavy atom. The predicted octanol–water partition coefficient (Wildman–Crippen LogP) is 0.0916. The summed E-state index contributed by atoms with van der Waals surface area (Å²) in [4.78, 5) is 12.7. The number of likely N-dealkylation sites (N-methyl/N-ethyl adjacent to an activating group) is 1. The van der Waals surface area contributed by atoms with E-state index in [4.69, 9.17) is 14.2 Å². The quantitative estimate of drug-likeness (QED) is 0.288. The number of hydrogen-bond acceptors (Lipinski definition) is 12. The lowest BCUT2D eigenvalue weighted by atomic mass is 9.88. The number of nitrogens with one attached hydrogen (secondary N) is 2. The molecule has 1 aromatic carbocycles. The van der Waals surface area contributed by atoms with E-state index in [0.29, 0.717) is 69.4 Å². The van der Waals surface area contributed by atoms with Gasteiger partial charge in [0.15, 0.2) is 0 Å². The zero-order chi connectivity index (χ0) is 30.0. The molecule has 3 aliphatic rings. The number of sulfonamides is 2. The zero-order valence-corrected chi connectivity index (χ0v) is 25.2. The Balaban J connectivity index is 1.08. The van der Waals surface area contributed by atoms with Crippen molar-refractivity contribution in [1.82, 2.24) is 19.5 Å². The van der Waals surface area contributed by atoms with Crippen LogP contribution in [0.4, 0.5) is 5.69 Å². The molecule has 2 saturated heterocycles. The number of fused-ring (bicyclic) bond motifs is 1. The van der Waals surface area contributed by atoms with Gasteiger partial charge in [0.25, 0.3) is 10.0 Å². The third-order valence-corrected chi connectivity index (χ3v) is 10.9. The number of hydrogen-bond donors (Lipinski definition) is 3. The maximum Gasteiger partial charge on any atom is 0.262 e. The van der Waals surface area contributed by atoms with E-state index in [9.17, 15) is 21.9 Å². The van der Waals surface area contributed by atoms with Crippen LogP contribution in [0.1, 0.15) is 19.3 Å². The fraction of sp³-hybridized carbons (Fsp3) is 0.577. The molecule has 2 fully saturated rings. The Labute approximate surface area is 246 Å². The third-order valence-electron chi connectivity index (χ3n) is 7.76. The van der Waals surface area contributed by atoms with Crippen LogP contribution >= 0.6 is 0 Å². The molecule has 5 rings (SSSR count). The van der Waals surface area contributed by atoms with Crippen molar-refractivity contribution in [2.24, 2.45) is 0 Å². The van der Waals surface area contributed by atoms with E-state index >= 15 is 0 Å². The summed E-state index contributed by atoms with van der Waals surface area (Å²) in [5, 5.41) is 13.7. The molecule has 3 N–H and O–H groups in total. The summed E-state index contributed by atoms with van der Waals surface area (Å²) in [6.07, 6.45) is 2.34. The van der Waals surface area contributed by atoms with Crippen molar-refractivity contribution in [2.45, 2.75) is 46.8 Å². The number of nitrogens with zero attached hydrogens (tertiary/aromatic N) is 3. The second-order valence-corrected chi connectivity index (χ2v) is 14.3. The van der Waals surface area contributed by atoms with Crippen LogP contribution in [0.3, 0.4) is 0 Å². The minimum atomic E-state index is -3.82. The first-order valence-electron chi connectivity index (χ1n) is 13.7. The Morgan fingerprint density at radius 3 is 2.71 bits per heavy atom. The van der Waals surface area contributed by atoms with E-state index in [2.05, 4.69) is 15.1 Å². The molecule has 0 radical (unpaired) electrons. The first-order chi connectivity index (χ1) is 20.0. The second-order valence-electron chi connectivity index (χ2n) is 10.7. The number of aliphatic hydroxyl groups excluding tert-OH is 1. The first-order valence-corrected chi connectivity index (χ1v) is 16.6. The van der Waals surface area contributed by atoms with Crippen LogP contribution in [0.5, 0.6) is 11.6 Å². The summed E-state index contributed by atoms with van der Waals surface area (Å²) < 4.78 is 69.7. The van der Waals surface area contributed by atoms with E-state index < -0.39 is 31.8 Å². The van der Waals surface area contributed by atoms with E-state index in [-0.39, 0.29) is 29.0 Å². The van der Waals surface area contributed by atoms with Crippen molar-refractivity contribution in [3.63, 3.8) is 0 Å². The van der Waals surface area contributed by atoms with Gasteiger partial charge in [-0.15, -0.1) is 0 Å². The summed E-state index contributed by atoms with van der Waals surface area (Å²) in [7, 11) is -4.45. The predicted molar refractivity (Wildman–Crippen MR) is 151 cm³/mol. The Morgan fingerprint density at radius 1 is 1.17 bits per heavy atom. The minimum Gasteiger partial charge on any atom is -0.491 e. The molecular weight excluding hydrogens is 590 g/mol. The van der Waals surface area contributed by atoms with Gasteiger partial charge < -0.3 is 29.5 Å². The lowest BCUT2D eigenvalue weighted by molar-refractivity contribution is -0.0312. The molecule has 0 aliphatic carbocycles. The number of pyridine rings is 1.